The summed E-state index contributed by atoms with van der Waals surface area (Å²) in [4.78, 5) is 11.3. The molecule has 3 N–H and O–H groups in total. The molecule has 0 radical (unpaired) electrons. The molecule has 2 fully saturated rings. The minimum atomic E-state index is -0.243. The molecule has 11 heteroatoms. The SMILES string of the molecule is C[C@@H]1OCC2(CCN(c3ncc(-c4c(Cl)ccc(Cl)c4Cl)nc3CO)CC2)[C@@H]1N.S.S. The van der Waals surface area contributed by atoms with Gasteiger partial charge >= 0.3 is 0 Å². The van der Waals surface area contributed by atoms with E-state index in [1.807, 2.05) is 6.92 Å². The van der Waals surface area contributed by atoms with Crippen molar-refractivity contribution in [1.82, 2.24) is 9.97 Å². The fourth-order valence-corrected chi connectivity index (χ4v) is 5.03. The number of rotatable bonds is 3. The molecule has 2 aromatic rings. The Morgan fingerprint density at radius 2 is 1.84 bits per heavy atom. The van der Waals surface area contributed by atoms with E-state index < -0.39 is 0 Å². The Labute approximate surface area is 211 Å². The molecule has 1 aromatic heterocycles. The second-order valence-electron chi connectivity index (χ2n) is 7.79. The molecule has 4 rings (SSSR count). The summed E-state index contributed by atoms with van der Waals surface area (Å²) in [6, 6.07) is 3.34. The van der Waals surface area contributed by atoms with Gasteiger partial charge in [-0.25, -0.2) is 9.97 Å². The van der Waals surface area contributed by atoms with Crippen molar-refractivity contribution in [3.63, 3.8) is 0 Å². The van der Waals surface area contributed by atoms with E-state index in [9.17, 15) is 5.11 Å². The zero-order valence-electron chi connectivity index (χ0n) is 17.0. The number of benzene rings is 1. The first-order chi connectivity index (χ1) is 13.9. The molecule has 2 saturated heterocycles. The van der Waals surface area contributed by atoms with Gasteiger partial charge in [-0.1, -0.05) is 34.8 Å². The summed E-state index contributed by atoms with van der Waals surface area (Å²) in [7, 11) is 0. The van der Waals surface area contributed by atoms with Gasteiger partial charge in [-0.3, -0.25) is 0 Å². The molecule has 6 nitrogen and oxygen atoms in total. The van der Waals surface area contributed by atoms with Crippen LogP contribution in [0.15, 0.2) is 18.3 Å². The number of aliphatic hydroxyl groups is 1. The Morgan fingerprint density at radius 1 is 1.19 bits per heavy atom. The summed E-state index contributed by atoms with van der Waals surface area (Å²) in [6.07, 6.45) is 3.53. The lowest BCUT2D eigenvalue weighted by atomic mass is 9.73. The molecule has 0 saturated carbocycles. The minimum absolute atomic E-state index is 0. The quantitative estimate of drug-likeness (QED) is 0.586. The number of nitrogens with zero attached hydrogens (tertiary/aromatic N) is 3. The largest absolute Gasteiger partial charge is 0.390 e. The first-order valence-corrected chi connectivity index (χ1v) is 10.7. The van der Waals surface area contributed by atoms with E-state index in [0.29, 0.717) is 44.4 Å². The van der Waals surface area contributed by atoms with Gasteiger partial charge in [0.05, 0.1) is 46.3 Å². The molecule has 3 heterocycles. The van der Waals surface area contributed by atoms with Crippen LogP contribution in [0.1, 0.15) is 25.5 Å². The number of piperidine rings is 1. The summed E-state index contributed by atoms with van der Waals surface area (Å²) in [5.41, 5.74) is 7.89. The van der Waals surface area contributed by atoms with Gasteiger partial charge < -0.3 is 20.5 Å². The van der Waals surface area contributed by atoms with E-state index >= 15 is 0 Å². The number of halogens is 3. The second-order valence-corrected chi connectivity index (χ2v) is 8.99. The summed E-state index contributed by atoms with van der Waals surface area (Å²) >= 11 is 18.8. The maximum atomic E-state index is 9.93. The van der Waals surface area contributed by atoms with Crippen LogP contribution in [0.3, 0.4) is 0 Å². The van der Waals surface area contributed by atoms with E-state index in [-0.39, 0.29) is 51.2 Å². The Morgan fingerprint density at radius 3 is 2.42 bits per heavy atom. The number of hydrogen-bond acceptors (Lipinski definition) is 6. The maximum absolute atomic E-state index is 9.93. The summed E-state index contributed by atoms with van der Waals surface area (Å²) in [5.74, 6) is 0.668. The number of hydrogen-bond donors (Lipinski definition) is 2. The smallest absolute Gasteiger partial charge is 0.152 e. The third-order valence-electron chi connectivity index (χ3n) is 6.18. The fraction of sp³-hybridized carbons (Fsp3) is 0.500. The molecule has 2 atom stereocenters. The molecular weight excluding hydrogens is 499 g/mol. The van der Waals surface area contributed by atoms with Crippen molar-refractivity contribution in [1.29, 1.82) is 0 Å². The van der Waals surface area contributed by atoms with E-state index in [2.05, 4.69) is 14.9 Å². The Balaban J connectivity index is 0.00000171. The van der Waals surface area contributed by atoms with Crippen molar-refractivity contribution in [2.75, 3.05) is 24.6 Å². The predicted molar refractivity (Wildman–Crippen MR) is 136 cm³/mol. The highest BCUT2D eigenvalue weighted by molar-refractivity contribution is 7.59. The number of aliphatic hydroxyl groups excluding tert-OH is 1. The second kappa shape index (κ2) is 10.7. The van der Waals surface area contributed by atoms with Gasteiger partial charge in [-0.15, -0.1) is 0 Å². The molecule has 0 bridgehead atoms. The average Bonchev–Trinajstić information content (AvgIpc) is 3.00. The molecule has 1 aromatic carbocycles. The van der Waals surface area contributed by atoms with Crippen LogP contribution in [0.4, 0.5) is 5.82 Å². The van der Waals surface area contributed by atoms with E-state index in [1.165, 1.54) is 0 Å². The van der Waals surface area contributed by atoms with Crippen LogP contribution in [-0.2, 0) is 11.3 Å². The van der Waals surface area contributed by atoms with Crippen LogP contribution in [0, 0.1) is 5.41 Å². The van der Waals surface area contributed by atoms with Crippen molar-refractivity contribution in [2.45, 2.75) is 38.5 Å². The molecular formula is C20H27Cl3N4O2S2. The lowest BCUT2D eigenvalue weighted by Gasteiger charge is -2.41. The highest BCUT2D eigenvalue weighted by atomic mass is 35.5. The highest BCUT2D eigenvalue weighted by Crippen LogP contribution is 2.43. The van der Waals surface area contributed by atoms with Gasteiger partial charge in [0.15, 0.2) is 5.82 Å². The zero-order chi connectivity index (χ0) is 20.8. The molecule has 31 heavy (non-hydrogen) atoms. The molecule has 0 aliphatic carbocycles. The monoisotopic (exact) mass is 524 g/mol. The number of aromatic nitrogens is 2. The van der Waals surface area contributed by atoms with Gasteiger partial charge in [-0.2, -0.15) is 27.0 Å². The first kappa shape index (κ1) is 26.8. The van der Waals surface area contributed by atoms with Crippen molar-refractivity contribution in [3.05, 3.63) is 39.1 Å². The van der Waals surface area contributed by atoms with Crippen LogP contribution < -0.4 is 10.6 Å². The third kappa shape index (κ3) is 4.92. The van der Waals surface area contributed by atoms with E-state index in [1.54, 1.807) is 18.3 Å². The Hall–Kier alpha value is -0.450. The minimum Gasteiger partial charge on any atom is -0.390 e. The summed E-state index contributed by atoms with van der Waals surface area (Å²) in [5, 5.41) is 11.1. The topological polar surface area (TPSA) is 84.5 Å². The van der Waals surface area contributed by atoms with Gasteiger partial charge in [-0.05, 0) is 31.9 Å². The van der Waals surface area contributed by atoms with Crippen molar-refractivity contribution < 1.29 is 9.84 Å². The fourth-order valence-electron chi connectivity index (χ4n) is 4.31. The third-order valence-corrected chi connectivity index (χ3v) is 7.30. The molecule has 1 spiro atoms. The molecule has 0 amide bonds. The Bertz CT molecular complexity index is 930. The van der Waals surface area contributed by atoms with Crippen LogP contribution >= 0.6 is 61.8 Å². The number of nitrogens with two attached hydrogens (primary N) is 1. The van der Waals surface area contributed by atoms with Crippen LogP contribution in [0.25, 0.3) is 11.3 Å². The van der Waals surface area contributed by atoms with Gasteiger partial charge in [0.2, 0.25) is 0 Å². The lowest BCUT2D eigenvalue weighted by Crippen LogP contribution is -2.51. The highest BCUT2D eigenvalue weighted by Gasteiger charge is 2.47. The normalized spacial score (nSPS) is 22.2. The predicted octanol–water partition coefficient (Wildman–Crippen LogP) is 4.15. The Kier molecular flexibility index (Phi) is 9.21. The van der Waals surface area contributed by atoms with Crippen molar-refractivity contribution >= 4 is 67.6 Å². The van der Waals surface area contributed by atoms with E-state index in [0.717, 1.165) is 25.9 Å². The lowest BCUT2D eigenvalue weighted by molar-refractivity contribution is 0.0973. The number of anilines is 1. The molecule has 0 unspecified atom stereocenters. The zero-order valence-corrected chi connectivity index (χ0v) is 21.3. The molecule has 172 valence electrons. The maximum Gasteiger partial charge on any atom is 0.152 e. The van der Waals surface area contributed by atoms with Crippen LogP contribution in [-0.4, -0.2) is 46.9 Å². The van der Waals surface area contributed by atoms with Crippen molar-refractivity contribution in [2.24, 2.45) is 11.1 Å². The van der Waals surface area contributed by atoms with Gasteiger partial charge in [0, 0.05) is 30.1 Å². The van der Waals surface area contributed by atoms with Gasteiger partial charge in [0.1, 0.15) is 5.69 Å². The summed E-state index contributed by atoms with van der Waals surface area (Å²) in [6.45, 7) is 4.05. The first-order valence-electron chi connectivity index (χ1n) is 9.59. The summed E-state index contributed by atoms with van der Waals surface area (Å²) < 4.78 is 5.79. The van der Waals surface area contributed by atoms with Crippen LogP contribution in [0.5, 0.6) is 0 Å². The van der Waals surface area contributed by atoms with Crippen molar-refractivity contribution in [3.8, 4) is 11.3 Å². The molecule has 2 aliphatic rings. The van der Waals surface area contributed by atoms with Crippen LogP contribution in [0.2, 0.25) is 15.1 Å². The standard InChI is InChI=1S/C20H23Cl3N4O2.2H2S/c1-11-18(24)20(10-29-11)4-6-27(7-5-20)19-15(9-28)26-14(8-25-19)16-12(21)2-3-13(22)17(16)23;;/h2-3,8,11,18,28H,4-7,9-10,24H2,1H3;2*1H2/t11-,18+;;/m0../s1. The van der Waals surface area contributed by atoms with E-state index in [4.69, 9.17) is 45.3 Å². The van der Waals surface area contributed by atoms with Gasteiger partial charge in [0.25, 0.3) is 0 Å². The number of ether oxygens (including phenoxy) is 1. The molecule has 2 aliphatic heterocycles. The average molecular weight is 526 g/mol.